The van der Waals surface area contributed by atoms with Crippen molar-refractivity contribution in [2.45, 2.75) is 30.8 Å². The van der Waals surface area contributed by atoms with E-state index >= 15 is 0 Å². The van der Waals surface area contributed by atoms with Gasteiger partial charge in [0.15, 0.2) is 0 Å². The first kappa shape index (κ1) is 33.6. The molecular weight excluding hydrogens is 590 g/mol. The monoisotopic (exact) mass is 616 g/mol. The van der Waals surface area contributed by atoms with Crippen LogP contribution in [0.25, 0.3) is 0 Å². The summed E-state index contributed by atoms with van der Waals surface area (Å²) in [5, 5.41) is 18.9. The lowest BCUT2D eigenvalue weighted by Crippen LogP contribution is -2.33. The predicted molar refractivity (Wildman–Crippen MR) is 148 cm³/mol. The molecule has 1 rings (SSSR count). The number of halogens is 2. The average molecular weight is 618 g/mol. The first-order valence-electron chi connectivity index (χ1n) is 9.28. The van der Waals surface area contributed by atoms with E-state index in [-0.39, 0.29) is 11.5 Å². The summed E-state index contributed by atoms with van der Waals surface area (Å²) in [5.74, 6) is -1.68. The Labute approximate surface area is 225 Å². The minimum atomic E-state index is -2.23. The van der Waals surface area contributed by atoms with Crippen molar-refractivity contribution in [3.63, 3.8) is 0 Å². The van der Waals surface area contributed by atoms with Gasteiger partial charge in [-0.15, -0.1) is 11.8 Å². The molecular formula is C17H27Cl2N2O6PS5. The predicted octanol–water partition coefficient (Wildman–Crippen LogP) is 5.27. The SMILES string of the molecule is CCOP(=S)(OCC)SCSc1cc(Cl)ccc1Cl.NC(CSSCC(N)C(=O)O)C(=O)O. The van der Waals surface area contributed by atoms with E-state index in [4.69, 9.17) is 65.7 Å². The van der Waals surface area contributed by atoms with Crippen LogP contribution in [0, 0.1) is 0 Å². The van der Waals surface area contributed by atoms with Crippen molar-refractivity contribution in [1.29, 1.82) is 0 Å². The second-order valence-electron chi connectivity index (χ2n) is 5.71. The average Bonchev–Trinajstić information content (AvgIpc) is 2.74. The smallest absolute Gasteiger partial charge is 0.321 e. The zero-order chi connectivity index (χ0) is 25.4. The third-order valence-corrected chi connectivity index (χ3v) is 13.4. The number of hydrogen-bond donors (Lipinski definition) is 4. The van der Waals surface area contributed by atoms with Crippen molar-refractivity contribution in [1.82, 2.24) is 0 Å². The number of carboxylic acids is 2. The Kier molecular flexibility index (Phi) is 19.2. The molecule has 6 N–H and O–H groups in total. The number of carbonyl (C=O) groups is 2. The number of rotatable bonds is 15. The van der Waals surface area contributed by atoms with Gasteiger partial charge in [0, 0.05) is 21.4 Å². The standard InChI is InChI=1S/C11H15Cl2O2PS3.C6H12N2O4S2/c1-3-14-16(17,15-4-2)19-8-18-11-7-9(12)5-6-10(11)13;7-3(5(9)10)1-13-14-2-4(8)6(11)12/h5-7H,3-4,8H2,1-2H3;3-4H,1-2,7-8H2,(H,9,10)(H,11,12). The molecule has 0 saturated heterocycles. The van der Waals surface area contributed by atoms with Crippen molar-refractivity contribution < 1.29 is 28.8 Å². The van der Waals surface area contributed by atoms with Gasteiger partial charge in [-0.25, -0.2) is 0 Å². The number of thioether (sulfide) groups is 1. The molecule has 0 spiro atoms. The zero-order valence-electron chi connectivity index (χ0n) is 17.8. The molecule has 0 aromatic heterocycles. The first-order valence-corrected chi connectivity index (χ1v) is 17.7. The molecule has 0 aliphatic heterocycles. The third-order valence-electron chi connectivity index (χ3n) is 3.11. The number of carboxylic acid groups (broad SMARTS) is 2. The molecule has 0 radical (unpaired) electrons. The second kappa shape index (κ2) is 18.8. The van der Waals surface area contributed by atoms with E-state index < -0.39 is 29.7 Å². The van der Waals surface area contributed by atoms with Crippen LogP contribution in [0.1, 0.15) is 13.8 Å². The van der Waals surface area contributed by atoms with E-state index in [1.165, 1.54) is 33.0 Å². The molecule has 0 amide bonds. The highest BCUT2D eigenvalue weighted by Crippen LogP contribution is 2.62. The summed E-state index contributed by atoms with van der Waals surface area (Å²) in [6, 6.07) is 3.56. The molecule has 1 aromatic rings. The number of nitrogens with two attached hydrogens (primary N) is 2. The molecule has 0 aliphatic rings. The molecule has 0 fully saturated rings. The molecule has 0 heterocycles. The Bertz CT molecular complexity index is 766. The summed E-state index contributed by atoms with van der Waals surface area (Å²) in [7, 11) is 2.41. The number of aliphatic carboxylic acids is 2. The zero-order valence-corrected chi connectivity index (χ0v) is 24.3. The van der Waals surface area contributed by atoms with Gasteiger partial charge in [-0.3, -0.25) is 9.59 Å². The summed E-state index contributed by atoms with van der Waals surface area (Å²) in [5.41, 5.74) is 8.19. The lowest BCUT2D eigenvalue weighted by Gasteiger charge is -2.19. The molecule has 0 bridgehead atoms. The topological polar surface area (TPSA) is 145 Å². The Morgan fingerprint density at radius 1 is 1.06 bits per heavy atom. The minimum Gasteiger partial charge on any atom is -0.480 e. The summed E-state index contributed by atoms with van der Waals surface area (Å²) < 4.78 is 11.1. The van der Waals surface area contributed by atoms with Gasteiger partial charge >= 0.3 is 11.9 Å². The maximum Gasteiger partial charge on any atom is 0.321 e. The Morgan fingerprint density at radius 2 is 1.55 bits per heavy atom. The Balaban J connectivity index is 0.000000653. The second-order valence-corrected chi connectivity index (χ2v) is 16.8. The summed E-state index contributed by atoms with van der Waals surface area (Å²) in [6.45, 7) is 4.96. The van der Waals surface area contributed by atoms with Gasteiger partial charge in [0.25, 0.3) is 0 Å². The van der Waals surface area contributed by atoms with Crippen LogP contribution in [0.2, 0.25) is 10.0 Å². The van der Waals surface area contributed by atoms with Crippen LogP contribution in [0.4, 0.5) is 0 Å². The van der Waals surface area contributed by atoms with Gasteiger partial charge in [0.1, 0.15) is 12.1 Å². The maximum atomic E-state index is 10.3. The van der Waals surface area contributed by atoms with Crippen LogP contribution in [-0.4, -0.2) is 64.0 Å². The Hall–Kier alpha value is 0.630. The first-order chi connectivity index (χ1) is 15.5. The van der Waals surface area contributed by atoms with E-state index in [0.29, 0.717) is 23.3 Å². The van der Waals surface area contributed by atoms with Crippen LogP contribution >= 0.6 is 73.6 Å². The lowest BCUT2D eigenvalue weighted by atomic mass is 10.4. The molecule has 190 valence electrons. The van der Waals surface area contributed by atoms with Gasteiger partial charge in [-0.1, -0.05) is 56.2 Å². The molecule has 16 heteroatoms. The van der Waals surface area contributed by atoms with Crippen LogP contribution < -0.4 is 11.5 Å². The van der Waals surface area contributed by atoms with Gasteiger partial charge in [-0.2, -0.15) is 0 Å². The van der Waals surface area contributed by atoms with Gasteiger partial charge in [0.05, 0.1) is 23.3 Å². The fourth-order valence-corrected chi connectivity index (χ4v) is 11.3. The van der Waals surface area contributed by atoms with E-state index in [9.17, 15) is 9.59 Å². The highest BCUT2D eigenvalue weighted by Gasteiger charge is 2.19. The molecule has 0 saturated carbocycles. The largest absolute Gasteiger partial charge is 0.480 e. The lowest BCUT2D eigenvalue weighted by molar-refractivity contribution is -0.138. The summed E-state index contributed by atoms with van der Waals surface area (Å²) in [6.07, 6.45) is 0. The fourth-order valence-electron chi connectivity index (χ4n) is 1.56. The van der Waals surface area contributed by atoms with Crippen molar-refractivity contribution in [3.8, 4) is 0 Å². The maximum absolute atomic E-state index is 10.3. The van der Waals surface area contributed by atoms with Crippen LogP contribution in [0.15, 0.2) is 23.1 Å². The highest BCUT2D eigenvalue weighted by atomic mass is 35.5. The summed E-state index contributed by atoms with van der Waals surface area (Å²) in [4.78, 5) is 21.5. The quantitative estimate of drug-likeness (QED) is 0.0668. The molecule has 2 unspecified atom stereocenters. The van der Waals surface area contributed by atoms with Crippen molar-refractivity contribution >= 4 is 97.4 Å². The molecule has 1 aromatic carbocycles. The number of benzene rings is 1. The van der Waals surface area contributed by atoms with E-state index in [0.717, 1.165) is 9.98 Å². The van der Waals surface area contributed by atoms with E-state index in [1.807, 2.05) is 19.9 Å². The molecule has 8 nitrogen and oxygen atoms in total. The van der Waals surface area contributed by atoms with E-state index in [1.54, 1.807) is 23.9 Å². The van der Waals surface area contributed by atoms with Gasteiger partial charge < -0.3 is 30.7 Å². The van der Waals surface area contributed by atoms with Crippen molar-refractivity contribution in [2.75, 3.05) is 29.8 Å². The third kappa shape index (κ3) is 16.1. The highest BCUT2D eigenvalue weighted by molar-refractivity contribution is 8.76. The fraction of sp³-hybridized carbons (Fsp3) is 0.529. The Morgan fingerprint density at radius 3 is 1.97 bits per heavy atom. The number of hydrogen-bond acceptors (Lipinski definition) is 11. The van der Waals surface area contributed by atoms with Gasteiger partial charge in [0.2, 0.25) is 5.69 Å². The van der Waals surface area contributed by atoms with E-state index in [2.05, 4.69) is 0 Å². The van der Waals surface area contributed by atoms with Gasteiger partial charge in [-0.05, 0) is 43.9 Å². The normalized spacial score (nSPS) is 13.0. The van der Waals surface area contributed by atoms with Crippen molar-refractivity contribution in [3.05, 3.63) is 28.2 Å². The van der Waals surface area contributed by atoms with Crippen LogP contribution in [0.3, 0.4) is 0 Å². The van der Waals surface area contributed by atoms with Crippen LogP contribution in [0.5, 0.6) is 0 Å². The molecule has 2 atom stereocenters. The molecule has 33 heavy (non-hydrogen) atoms. The summed E-state index contributed by atoms with van der Waals surface area (Å²) >= 11 is 20.6. The molecule has 0 aliphatic carbocycles. The minimum absolute atomic E-state index is 0.229. The van der Waals surface area contributed by atoms with Crippen molar-refractivity contribution in [2.24, 2.45) is 11.5 Å². The van der Waals surface area contributed by atoms with Crippen LogP contribution in [-0.2, 0) is 30.4 Å².